The molecule has 6 atom stereocenters. The molecule has 1 aliphatic carbocycles. The molecule has 1 fully saturated rings. The summed E-state index contributed by atoms with van der Waals surface area (Å²) in [6.07, 6.45) is -7.39. The maximum atomic E-state index is 12.5. The summed E-state index contributed by atoms with van der Waals surface area (Å²) in [6, 6.07) is -0.0821. The summed E-state index contributed by atoms with van der Waals surface area (Å²) in [4.78, 5) is 34.6. The van der Waals surface area contributed by atoms with Crippen molar-refractivity contribution in [3.63, 3.8) is 0 Å². The van der Waals surface area contributed by atoms with Gasteiger partial charge >= 0.3 is 23.1 Å². The van der Waals surface area contributed by atoms with Crippen molar-refractivity contribution in [3.05, 3.63) is 17.2 Å². The van der Waals surface area contributed by atoms with Crippen molar-refractivity contribution in [2.24, 2.45) is 0 Å². The Morgan fingerprint density at radius 1 is 1.18 bits per heavy atom. The zero-order valence-corrected chi connectivity index (χ0v) is 16.4. The van der Waals surface area contributed by atoms with Gasteiger partial charge in [0.2, 0.25) is 12.5 Å². The summed E-state index contributed by atoms with van der Waals surface area (Å²) in [5.74, 6) is -2.65. The predicted octanol–water partition coefficient (Wildman–Crippen LogP) is -3.75. The van der Waals surface area contributed by atoms with E-state index in [1.807, 2.05) is 0 Å². The molecule has 0 unspecified atom stereocenters. The summed E-state index contributed by atoms with van der Waals surface area (Å²) in [6.45, 7) is -0.216. The smallest absolute Gasteiger partial charge is 0.790 e. The molecule has 0 saturated heterocycles. The molecule has 5 N–H and O–H groups in total. The van der Waals surface area contributed by atoms with Crippen LogP contribution in [0, 0.1) is 0 Å². The van der Waals surface area contributed by atoms with Gasteiger partial charge in [0.25, 0.3) is 5.91 Å². The number of amides is 1. The van der Waals surface area contributed by atoms with Gasteiger partial charge in [-0.25, -0.2) is 0 Å². The molecule has 14 heteroatoms. The Kier molecular flexibility index (Phi) is 5.60. The van der Waals surface area contributed by atoms with Gasteiger partial charge in [-0.15, -0.1) is 0 Å². The van der Waals surface area contributed by atoms with Gasteiger partial charge in [0.05, 0.1) is 25.5 Å². The topological polar surface area (TPSA) is 201 Å². The zero-order chi connectivity index (χ0) is 19.7. The fraction of sp³-hybridized carbons (Fsp3) is 0.500. The predicted molar refractivity (Wildman–Crippen MR) is 84.5 cm³/mol. The van der Waals surface area contributed by atoms with E-state index in [1.165, 1.54) is 6.07 Å². The van der Waals surface area contributed by atoms with Gasteiger partial charge in [-0.3, -0.25) is 4.79 Å². The van der Waals surface area contributed by atoms with Gasteiger partial charge in [0.1, 0.15) is 18.3 Å². The normalized spacial score (nSPS) is 33.4. The van der Waals surface area contributed by atoms with E-state index in [2.05, 4.69) is 9.84 Å². The molecule has 12 nitrogen and oxygen atoms in total. The van der Waals surface area contributed by atoms with Gasteiger partial charge in [-0.1, -0.05) is 0 Å². The second-order valence-corrected chi connectivity index (χ2v) is 7.54. The molecule has 1 saturated carbocycles. The molecule has 28 heavy (non-hydrogen) atoms. The molecule has 0 spiro atoms. The van der Waals surface area contributed by atoms with Crippen molar-refractivity contribution in [2.75, 3.05) is 6.79 Å². The minimum Gasteiger partial charge on any atom is -0.790 e. The van der Waals surface area contributed by atoms with Crippen LogP contribution in [-0.2, 0) is 9.09 Å². The SMILES string of the molecule is O=C1N[C@H]2[C@H](OP(=O)([O-])[O-])[C@H](O)[C@@H](O)[C@H](O)[C@@H]2c2cc3c(c(O)c21)OCO3.[Mg+2]. The number of carbonyl (C=O) groups is 1. The van der Waals surface area contributed by atoms with Crippen molar-refractivity contribution >= 4 is 36.8 Å². The third kappa shape index (κ3) is 3.26. The van der Waals surface area contributed by atoms with Crippen molar-refractivity contribution in [1.82, 2.24) is 5.32 Å². The van der Waals surface area contributed by atoms with Crippen LogP contribution in [0.2, 0.25) is 0 Å². The molecule has 3 aliphatic rings. The Bertz CT molecular complexity index is 860. The number of fused-ring (bicyclic) bond motifs is 4. The fourth-order valence-electron chi connectivity index (χ4n) is 3.83. The third-order valence-electron chi connectivity index (χ3n) is 4.95. The van der Waals surface area contributed by atoms with Crippen LogP contribution < -0.4 is 24.6 Å². The van der Waals surface area contributed by atoms with Crippen molar-refractivity contribution in [1.29, 1.82) is 0 Å². The molecule has 2 heterocycles. The summed E-state index contributed by atoms with van der Waals surface area (Å²) >= 11 is 0. The summed E-state index contributed by atoms with van der Waals surface area (Å²) in [5, 5.41) is 43.3. The van der Waals surface area contributed by atoms with Crippen LogP contribution in [0.1, 0.15) is 21.8 Å². The van der Waals surface area contributed by atoms with Crippen LogP contribution in [0.25, 0.3) is 0 Å². The van der Waals surface area contributed by atoms with E-state index >= 15 is 0 Å². The van der Waals surface area contributed by atoms with E-state index < -0.39 is 55.9 Å². The maximum absolute atomic E-state index is 12.5. The summed E-state index contributed by atoms with van der Waals surface area (Å²) in [7, 11) is -5.61. The molecule has 1 amide bonds. The molecule has 2 aliphatic heterocycles. The molecule has 4 rings (SSSR count). The van der Waals surface area contributed by atoms with Crippen LogP contribution >= 0.6 is 7.82 Å². The molecule has 1 aromatic carbocycles. The van der Waals surface area contributed by atoms with E-state index in [1.54, 1.807) is 0 Å². The van der Waals surface area contributed by atoms with Crippen LogP contribution in [0.5, 0.6) is 17.2 Å². The number of phosphoric ester groups is 1. The Morgan fingerprint density at radius 3 is 2.50 bits per heavy atom. The van der Waals surface area contributed by atoms with Gasteiger partial charge in [0, 0.05) is 5.92 Å². The van der Waals surface area contributed by atoms with E-state index in [-0.39, 0.29) is 52.5 Å². The number of phosphoric acid groups is 1. The number of aromatic hydroxyl groups is 1. The Balaban J connectivity index is 0.00000225. The third-order valence-corrected chi connectivity index (χ3v) is 5.45. The zero-order valence-electron chi connectivity index (χ0n) is 14.0. The number of nitrogens with one attached hydrogen (secondary N) is 1. The Morgan fingerprint density at radius 2 is 1.86 bits per heavy atom. The minimum atomic E-state index is -5.61. The molecular formula is C14H14MgNO11P. The number of ether oxygens (including phenoxy) is 2. The van der Waals surface area contributed by atoms with E-state index in [9.17, 15) is 39.6 Å². The molecule has 0 aromatic heterocycles. The number of hydrogen-bond donors (Lipinski definition) is 5. The van der Waals surface area contributed by atoms with Gasteiger partial charge in [-0.2, -0.15) is 0 Å². The monoisotopic (exact) mass is 427 g/mol. The second kappa shape index (κ2) is 7.27. The largest absolute Gasteiger partial charge is 2.00 e. The number of carbonyl (C=O) groups excluding carboxylic acids is 1. The van der Waals surface area contributed by atoms with Crippen LogP contribution in [0.4, 0.5) is 0 Å². The van der Waals surface area contributed by atoms with E-state index in [0.29, 0.717) is 0 Å². The van der Waals surface area contributed by atoms with Gasteiger partial charge < -0.3 is 54.1 Å². The number of aliphatic hydroxyl groups is 3. The number of benzene rings is 1. The molecule has 1 aromatic rings. The second-order valence-electron chi connectivity index (χ2n) is 6.44. The first-order valence-electron chi connectivity index (χ1n) is 7.81. The van der Waals surface area contributed by atoms with E-state index in [4.69, 9.17) is 9.47 Å². The summed E-state index contributed by atoms with van der Waals surface area (Å²) in [5.41, 5.74) is -0.251. The number of hydrogen-bond acceptors (Lipinski definition) is 11. The van der Waals surface area contributed by atoms with Crippen molar-refractivity contribution in [2.45, 2.75) is 36.4 Å². The maximum Gasteiger partial charge on any atom is 2.00 e. The number of rotatable bonds is 2. The Hall–Kier alpha value is -1.15. The quantitative estimate of drug-likeness (QED) is 0.229. The van der Waals surface area contributed by atoms with Gasteiger partial charge in [-0.05, 0) is 11.6 Å². The standard InChI is InChI=1S/C14H16NO11P.Mg/c16-8-5-3-1-4-12(25-2-24-4)9(17)6(3)14(20)15-7(5)13(11(19)10(8)18)26-27(21,22)23;/h1,5,7-8,10-11,13,16-19H,2H2,(H,15,20)(H2,21,22,23);/q;+2/p-2/t5-,7-,8-,10+,11-,13+;/m1./s1. The number of phenols is 1. The van der Waals surface area contributed by atoms with Crippen molar-refractivity contribution < 1.29 is 53.6 Å². The fourth-order valence-corrected chi connectivity index (χ4v) is 4.39. The minimum absolute atomic E-state index is 0. The number of aliphatic hydroxyl groups excluding tert-OH is 3. The molecule has 0 bridgehead atoms. The average Bonchev–Trinajstić information content (AvgIpc) is 3.04. The molecular weight excluding hydrogens is 413 g/mol. The van der Waals surface area contributed by atoms with Crippen LogP contribution in [0.3, 0.4) is 0 Å². The first-order chi connectivity index (χ1) is 12.6. The molecule has 148 valence electrons. The van der Waals surface area contributed by atoms with E-state index in [0.717, 1.165) is 0 Å². The van der Waals surface area contributed by atoms with Gasteiger partial charge in [0.15, 0.2) is 11.5 Å². The number of phenolic OH excluding ortho intramolecular Hbond substituents is 1. The summed E-state index contributed by atoms with van der Waals surface area (Å²) < 4.78 is 25.7. The first-order valence-corrected chi connectivity index (χ1v) is 9.27. The Labute approximate surface area is 173 Å². The van der Waals surface area contributed by atoms with Crippen LogP contribution in [-0.4, -0.2) is 86.6 Å². The molecule has 0 radical (unpaired) electrons. The van der Waals surface area contributed by atoms with Crippen LogP contribution in [0.15, 0.2) is 6.07 Å². The van der Waals surface area contributed by atoms with Crippen molar-refractivity contribution in [3.8, 4) is 17.2 Å². The average molecular weight is 428 g/mol. The first kappa shape index (κ1) is 21.6.